The molecule has 0 aliphatic carbocycles. The van der Waals surface area contributed by atoms with Crippen LogP contribution >= 0.6 is 0 Å². The molecule has 1 fully saturated rings. The van der Waals surface area contributed by atoms with Gasteiger partial charge in [0.15, 0.2) is 0 Å². The van der Waals surface area contributed by atoms with Crippen molar-refractivity contribution >= 4 is 17.8 Å². The number of methoxy groups -OCH3 is 1. The largest absolute Gasteiger partial charge is 0.469 e. The standard InChI is InChI=1S/C23H26N2O4/c1-29-23(28)19-12-14-25(15-13-19)22(27)20(16-17-8-4-2-5-9-17)24-21(26)18-10-6-3-7-11-18/h2-11,19-20H,12-16H2,1H3,(H,24,26). The molecule has 2 amide bonds. The highest BCUT2D eigenvalue weighted by molar-refractivity contribution is 5.97. The summed E-state index contributed by atoms with van der Waals surface area (Å²) >= 11 is 0. The second kappa shape index (κ2) is 9.87. The highest BCUT2D eigenvalue weighted by atomic mass is 16.5. The van der Waals surface area contributed by atoms with E-state index in [0.29, 0.717) is 37.9 Å². The van der Waals surface area contributed by atoms with E-state index in [0.717, 1.165) is 5.56 Å². The van der Waals surface area contributed by atoms with Gasteiger partial charge in [-0.15, -0.1) is 0 Å². The minimum absolute atomic E-state index is 0.124. The molecule has 152 valence electrons. The zero-order valence-corrected chi connectivity index (χ0v) is 16.5. The van der Waals surface area contributed by atoms with Crippen molar-refractivity contribution in [3.8, 4) is 0 Å². The monoisotopic (exact) mass is 394 g/mol. The number of piperidine rings is 1. The van der Waals surface area contributed by atoms with Gasteiger partial charge in [-0.2, -0.15) is 0 Å². The Hall–Kier alpha value is -3.15. The van der Waals surface area contributed by atoms with Gasteiger partial charge in [0.25, 0.3) is 5.91 Å². The molecule has 1 heterocycles. The van der Waals surface area contributed by atoms with Crippen molar-refractivity contribution in [2.45, 2.75) is 25.3 Å². The van der Waals surface area contributed by atoms with Gasteiger partial charge >= 0.3 is 5.97 Å². The van der Waals surface area contributed by atoms with Crippen LogP contribution in [0, 0.1) is 5.92 Å². The molecule has 1 aliphatic rings. The van der Waals surface area contributed by atoms with Gasteiger partial charge in [0.05, 0.1) is 13.0 Å². The average Bonchev–Trinajstić information content (AvgIpc) is 2.79. The molecule has 0 bridgehead atoms. The zero-order chi connectivity index (χ0) is 20.6. The van der Waals surface area contributed by atoms with Crippen LogP contribution in [-0.4, -0.2) is 48.9 Å². The predicted octanol–water partition coefficient (Wildman–Crippen LogP) is 2.44. The molecule has 2 aromatic carbocycles. The summed E-state index contributed by atoms with van der Waals surface area (Å²) in [6.07, 6.45) is 1.56. The molecular formula is C23H26N2O4. The second-order valence-corrected chi connectivity index (χ2v) is 7.20. The Morgan fingerprint density at radius 3 is 2.17 bits per heavy atom. The molecule has 0 saturated carbocycles. The van der Waals surface area contributed by atoms with Gasteiger partial charge in [-0.3, -0.25) is 14.4 Å². The van der Waals surface area contributed by atoms with E-state index in [2.05, 4.69) is 5.32 Å². The summed E-state index contributed by atoms with van der Waals surface area (Å²) in [5, 5.41) is 2.90. The van der Waals surface area contributed by atoms with Gasteiger partial charge in [0.1, 0.15) is 6.04 Å². The fraction of sp³-hybridized carbons (Fsp3) is 0.348. The molecule has 1 N–H and O–H groups in total. The number of esters is 1. The van der Waals surface area contributed by atoms with Gasteiger partial charge < -0.3 is 15.0 Å². The lowest BCUT2D eigenvalue weighted by molar-refractivity contribution is -0.149. The number of hydrogen-bond acceptors (Lipinski definition) is 4. The van der Waals surface area contributed by atoms with Gasteiger partial charge in [0, 0.05) is 25.1 Å². The maximum Gasteiger partial charge on any atom is 0.308 e. The SMILES string of the molecule is COC(=O)C1CCN(C(=O)C(Cc2ccccc2)NC(=O)c2ccccc2)CC1. The van der Waals surface area contributed by atoms with E-state index in [1.165, 1.54) is 7.11 Å². The fourth-order valence-electron chi connectivity index (χ4n) is 3.60. The summed E-state index contributed by atoms with van der Waals surface area (Å²) in [7, 11) is 1.38. The van der Waals surface area contributed by atoms with Crippen molar-refractivity contribution in [3.63, 3.8) is 0 Å². The highest BCUT2D eigenvalue weighted by Crippen LogP contribution is 2.20. The molecule has 3 rings (SSSR count). The quantitative estimate of drug-likeness (QED) is 0.764. The topological polar surface area (TPSA) is 75.7 Å². The maximum atomic E-state index is 13.2. The predicted molar refractivity (Wildman–Crippen MR) is 109 cm³/mol. The number of nitrogens with one attached hydrogen (secondary N) is 1. The lowest BCUT2D eigenvalue weighted by Gasteiger charge is -2.33. The van der Waals surface area contributed by atoms with E-state index in [1.807, 2.05) is 36.4 Å². The van der Waals surface area contributed by atoms with Crippen molar-refractivity contribution in [3.05, 3.63) is 71.8 Å². The first kappa shape index (κ1) is 20.6. The van der Waals surface area contributed by atoms with Gasteiger partial charge in [-0.25, -0.2) is 0 Å². The number of benzene rings is 2. The second-order valence-electron chi connectivity index (χ2n) is 7.20. The molecule has 6 heteroatoms. The number of hydrogen-bond donors (Lipinski definition) is 1. The third-order valence-corrected chi connectivity index (χ3v) is 5.26. The van der Waals surface area contributed by atoms with Crippen LogP contribution in [0.2, 0.25) is 0 Å². The smallest absolute Gasteiger partial charge is 0.308 e. The Balaban J connectivity index is 1.71. The van der Waals surface area contributed by atoms with Crippen molar-refractivity contribution in [2.24, 2.45) is 5.92 Å². The first-order valence-corrected chi connectivity index (χ1v) is 9.85. The number of nitrogens with zero attached hydrogens (tertiary/aromatic N) is 1. The number of ether oxygens (including phenoxy) is 1. The highest BCUT2D eigenvalue weighted by Gasteiger charge is 2.32. The molecule has 0 aromatic heterocycles. The molecule has 1 atom stereocenters. The molecule has 1 unspecified atom stereocenters. The average molecular weight is 394 g/mol. The van der Waals surface area contributed by atoms with Gasteiger partial charge in [-0.1, -0.05) is 48.5 Å². The van der Waals surface area contributed by atoms with Crippen LogP contribution in [-0.2, 0) is 20.7 Å². The summed E-state index contributed by atoms with van der Waals surface area (Å²) in [6.45, 7) is 0.955. The first-order valence-electron chi connectivity index (χ1n) is 9.85. The Morgan fingerprint density at radius 2 is 1.59 bits per heavy atom. The number of likely N-dealkylation sites (tertiary alicyclic amines) is 1. The minimum Gasteiger partial charge on any atom is -0.469 e. The van der Waals surface area contributed by atoms with Gasteiger partial charge in [0.2, 0.25) is 5.91 Å². The lowest BCUT2D eigenvalue weighted by atomic mass is 9.95. The van der Waals surface area contributed by atoms with E-state index in [9.17, 15) is 14.4 Å². The van der Waals surface area contributed by atoms with E-state index in [-0.39, 0.29) is 23.7 Å². The van der Waals surface area contributed by atoms with Crippen LogP contribution in [0.4, 0.5) is 0 Å². The summed E-state index contributed by atoms with van der Waals surface area (Å²) in [4.78, 5) is 39.4. The molecule has 1 saturated heterocycles. The number of rotatable bonds is 6. The Morgan fingerprint density at radius 1 is 1.00 bits per heavy atom. The lowest BCUT2D eigenvalue weighted by Crippen LogP contribution is -2.52. The van der Waals surface area contributed by atoms with Crippen molar-refractivity contribution in [1.29, 1.82) is 0 Å². The van der Waals surface area contributed by atoms with Crippen LogP contribution in [0.3, 0.4) is 0 Å². The summed E-state index contributed by atoms with van der Waals surface area (Å²) in [5.41, 5.74) is 1.49. The van der Waals surface area contributed by atoms with E-state index in [4.69, 9.17) is 4.74 Å². The number of amides is 2. The molecular weight excluding hydrogens is 368 g/mol. The first-order chi connectivity index (χ1) is 14.1. The minimum atomic E-state index is -0.667. The summed E-state index contributed by atoms with van der Waals surface area (Å²) < 4.78 is 4.81. The van der Waals surface area contributed by atoms with Crippen LogP contribution < -0.4 is 5.32 Å². The summed E-state index contributed by atoms with van der Waals surface area (Å²) in [5.74, 6) is -0.795. The normalized spacial score (nSPS) is 15.4. The van der Waals surface area contributed by atoms with Gasteiger partial charge in [-0.05, 0) is 30.5 Å². The third kappa shape index (κ3) is 5.44. The van der Waals surface area contributed by atoms with E-state index < -0.39 is 6.04 Å². The van der Waals surface area contributed by atoms with E-state index >= 15 is 0 Å². The van der Waals surface area contributed by atoms with Crippen molar-refractivity contribution < 1.29 is 19.1 Å². The zero-order valence-electron chi connectivity index (χ0n) is 16.5. The molecule has 29 heavy (non-hydrogen) atoms. The van der Waals surface area contributed by atoms with Crippen LogP contribution in [0.1, 0.15) is 28.8 Å². The third-order valence-electron chi connectivity index (χ3n) is 5.26. The molecule has 0 radical (unpaired) electrons. The summed E-state index contributed by atoms with van der Waals surface area (Å²) in [6, 6.07) is 17.8. The molecule has 1 aliphatic heterocycles. The van der Waals surface area contributed by atoms with Crippen molar-refractivity contribution in [2.75, 3.05) is 20.2 Å². The maximum absolute atomic E-state index is 13.2. The molecule has 6 nitrogen and oxygen atoms in total. The van der Waals surface area contributed by atoms with Crippen LogP contribution in [0.15, 0.2) is 60.7 Å². The van der Waals surface area contributed by atoms with Crippen LogP contribution in [0.5, 0.6) is 0 Å². The fourth-order valence-corrected chi connectivity index (χ4v) is 3.60. The Kier molecular flexibility index (Phi) is 7.00. The number of carbonyl (C=O) groups is 3. The molecule has 0 spiro atoms. The molecule has 2 aromatic rings. The van der Waals surface area contributed by atoms with Crippen molar-refractivity contribution in [1.82, 2.24) is 10.2 Å². The number of carbonyl (C=O) groups excluding carboxylic acids is 3. The van der Waals surface area contributed by atoms with E-state index in [1.54, 1.807) is 29.2 Å². The Bertz CT molecular complexity index is 830. The Labute approximate surface area is 170 Å². The van der Waals surface area contributed by atoms with Crippen LogP contribution in [0.25, 0.3) is 0 Å².